The van der Waals surface area contributed by atoms with E-state index in [0.717, 1.165) is 31.2 Å². The number of rotatable bonds is 8. The van der Waals surface area contributed by atoms with Gasteiger partial charge in [-0.05, 0) is 24.1 Å². The fourth-order valence-electron chi connectivity index (χ4n) is 2.63. The van der Waals surface area contributed by atoms with E-state index in [1.807, 2.05) is 11.8 Å². The topological polar surface area (TPSA) is 41.6 Å². The van der Waals surface area contributed by atoms with Crippen LogP contribution >= 0.6 is 23.1 Å². The van der Waals surface area contributed by atoms with Gasteiger partial charge in [0.25, 0.3) is 0 Å². The fourth-order valence-corrected chi connectivity index (χ4v) is 4.11. The highest BCUT2D eigenvalue weighted by atomic mass is 32.2. The van der Waals surface area contributed by atoms with Crippen molar-refractivity contribution < 1.29 is 9.53 Å². The highest BCUT2D eigenvalue weighted by Crippen LogP contribution is 2.26. The molecule has 0 bridgehead atoms. The minimum absolute atomic E-state index is 0.156. The number of nitrogens with zero attached hydrogens (tertiary/aromatic N) is 1. The second kappa shape index (κ2) is 9.55. The first-order chi connectivity index (χ1) is 10.7. The third kappa shape index (κ3) is 5.57. The van der Waals surface area contributed by atoms with E-state index in [2.05, 4.69) is 41.6 Å². The summed E-state index contributed by atoms with van der Waals surface area (Å²) >= 11 is 3.57. The van der Waals surface area contributed by atoms with Crippen molar-refractivity contribution in [1.29, 1.82) is 0 Å². The van der Waals surface area contributed by atoms with Gasteiger partial charge in [0, 0.05) is 36.7 Å². The Hall–Kier alpha value is -0.560. The molecule has 0 radical (unpaired) electrons. The fraction of sp³-hybridized carbons (Fsp3) is 0.688. The summed E-state index contributed by atoms with van der Waals surface area (Å²) in [5.74, 6) is 2.13. The number of amides is 1. The zero-order chi connectivity index (χ0) is 15.8. The van der Waals surface area contributed by atoms with Crippen LogP contribution in [-0.4, -0.2) is 54.7 Å². The van der Waals surface area contributed by atoms with E-state index in [-0.39, 0.29) is 18.1 Å². The van der Waals surface area contributed by atoms with Crippen molar-refractivity contribution in [2.24, 2.45) is 0 Å². The van der Waals surface area contributed by atoms with Crippen LogP contribution in [0, 0.1) is 0 Å². The Morgan fingerprint density at radius 2 is 2.50 bits per heavy atom. The van der Waals surface area contributed by atoms with E-state index >= 15 is 0 Å². The number of carbonyl (C=O) groups is 1. The zero-order valence-corrected chi connectivity index (χ0v) is 15.0. The summed E-state index contributed by atoms with van der Waals surface area (Å²) < 4.78 is 5.64. The van der Waals surface area contributed by atoms with Crippen LogP contribution in [0.15, 0.2) is 17.5 Å². The van der Waals surface area contributed by atoms with Gasteiger partial charge in [-0.1, -0.05) is 13.0 Å². The van der Waals surface area contributed by atoms with Gasteiger partial charge >= 0.3 is 0 Å². The van der Waals surface area contributed by atoms with Crippen LogP contribution in [0.3, 0.4) is 0 Å². The summed E-state index contributed by atoms with van der Waals surface area (Å²) in [6.45, 7) is 7.53. The molecule has 2 rings (SSSR count). The largest absolute Gasteiger partial charge is 0.376 e. The highest BCUT2D eigenvalue weighted by Gasteiger charge is 2.26. The lowest BCUT2D eigenvalue weighted by molar-refractivity contribution is -0.121. The van der Waals surface area contributed by atoms with E-state index in [4.69, 9.17) is 4.74 Å². The van der Waals surface area contributed by atoms with E-state index in [1.54, 1.807) is 11.3 Å². The van der Waals surface area contributed by atoms with Gasteiger partial charge < -0.3 is 10.1 Å². The molecule has 6 heteroatoms. The molecule has 1 N–H and O–H groups in total. The van der Waals surface area contributed by atoms with Crippen LogP contribution < -0.4 is 5.32 Å². The molecule has 1 aromatic rings. The van der Waals surface area contributed by atoms with Gasteiger partial charge in [-0.3, -0.25) is 9.69 Å². The average Bonchev–Trinajstić information content (AvgIpc) is 3.02. The number of ether oxygens (including phenoxy) is 1. The second-order valence-corrected chi connectivity index (χ2v) is 7.83. The smallest absolute Gasteiger partial charge is 0.220 e. The molecule has 4 nitrogen and oxygen atoms in total. The number of thioether (sulfide) groups is 1. The van der Waals surface area contributed by atoms with Crippen LogP contribution in [0.25, 0.3) is 0 Å². The van der Waals surface area contributed by atoms with Crippen molar-refractivity contribution in [1.82, 2.24) is 10.2 Å². The molecule has 0 saturated carbocycles. The Morgan fingerprint density at radius 1 is 1.64 bits per heavy atom. The lowest BCUT2D eigenvalue weighted by Gasteiger charge is -2.37. The first kappa shape index (κ1) is 17.8. The Bertz CT molecular complexity index is 439. The minimum Gasteiger partial charge on any atom is -0.376 e. The summed E-state index contributed by atoms with van der Waals surface area (Å²) in [5.41, 5.74) is 0. The Balaban J connectivity index is 1.89. The molecule has 1 amide bonds. The predicted molar refractivity (Wildman–Crippen MR) is 94.7 cm³/mol. The molecule has 1 saturated heterocycles. The van der Waals surface area contributed by atoms with E-state index in [0.29, 0.717) is 13.0 Å². The van der Waals surface area contributed by atoms with Crippen molar-refractivity contribution in [3.8, 4) is 0 Å². The maximum atomic E-state index is 12.0. The van der Waals surface area contributed by atoms with Gasteiger partial charge in [0.2, 0.25) is 5.91 Å². The summed E-state index contributed by atoms with van der Waals surface area (Å²) in [4.78, 5) is 15.7. The molecule has 1 aromatic heterocycles. The van der Waals surface area contributed by atoms with Gasteiger partial charge in [0.15, 0.2) is 0 Å². The van der Waals surface area contributed by atoms with Crippen LogP contribution in [0.2, 0.25) is 0 Å². The minimum atomic E-state index is 0.156. The average molecular weight is 343 g/mol. The van der Waals surface area contributed by atoms with E-state index in [9.17, 15) is 4.79 Å². The SMILES string of the molecule is CCSCCC(=O)NC[C@H](c1cccs1)N1CCO[C@@H](C)C1. The standard InChI is InChI=1S/C16H26N2O2S2/c1-3-21-10-6-16(19)17-11-14(15-5-4-9-22-15)18-7-8-20-13(2)12-18/h4-5,9,13-14H,3,6-8,10-12H2,1-2H3,(H,17,19)/t13-,14+/m0/s1. The third-order valence-electron chi connectivity index (χ3n) is 3.76. The maximum Gasteiger partial charge on any atom is 0.220 e. The molecule has 0 aliphatic carbocycles. The first-order valence-electron chi connectivity index (χ1n) is 7.94. The van der Waals surface area contributed by atoms with Gasteiger partial charge in [0.1, 0.15) is 0 Å². The molecular formula is C16H26N2O2S2. The molecule has 1 aliphatic rings. The number of nitrogens with one attached hydrogen (secondary N) is 1. The molecular weight excluding hydrogens is 316 g/mol. The molecule has 0 aromatic carbocycles. The Labute approximate surface area is 141 Å². The lowest BCUT2D eigenvalue weighted by atomic mass is 10.1. The number of hydrogen-bond acceptors (Lipinski definition) is 5. The molecule has 2 heterocycles. The summed E-state index contributed by atoms with van der Waals surface area (Å²) in [6, 6.07) is 4.50. The van der Waals surface area contributed by atoms with E-state index in [1.165, 1.54) is 4.88 Å². The van der Waals surface area contributed by atoms with Gasteiger partial charge in [-0.15, -0.1) is 11.3 Å². The number of carbonyl (C=O) groups excluding carboxylic acids is 1. The molecule has 2 atom stereocenters. The van der Waals surface area contributed by atoms with Crippen molar-refractivity contribution >= 4 is 29.0 Å². The molecule has 1 aliphatic heterocycles. The molecule has 0 spiro atoms. The third-order valence-corrected chi connectivity index (χ3v) is 5.63. The van der Waals surface area contributed by atoms with Crippen LogP contribution in [0.1, 0.15) is 31.2 Å². The maximum absolute atomic E-state index is 12.0. The predicted octanol–water partition coefficient (Wildman–Crippen LogP) is 2.77. The van der Waals surface area contributed by atoms with Crippen molar-refractivity contribution in [3.05, 3.63) is 22.4 Å². The molecule has 1 fully saturated rings. The van der Waals surface area contributed by atoms with E-state index < -0.39 is 0 Å². The van der Waals surface area contributed by atoms with Crippen LogP contribution in [0.4, 0.5) is 0 Å². The first-order valence-corrected chi connectivity index (χ1v) is 9.97. The number of thiophene rings is 1. The van der Waals surface area contributed by atoms with Gasteiger partial charge in [-0.2, -0.15) is 11.8 Å². The normalized spacial score (nSPS) is 20.7. The Morgan fingerprint density at radius 3 is 3.18 bits per heavy atom. The molecule has 22 heavy (non-hydrogen) atoms. The van der Waals surface area contributed by atoms with Gasteiger partial charge in [-0.25, -0.2) is 0 Å². The number of hydrogen-bond donors (Lipinski definition) is 1. The highest BCUT2D eigenvalue weighted by molar-refractivity contribution is 7.99. The van der Waals surface area contributed by atoms with Crippen molar-refractivity contribution in [3.63, 3.8) is 0 Å². The van der Waals surface area contributed by atoms with Crippen molar-refractivity contribution in [2.45, 2.75) is 32.4 Å². The second-order valence-electron chi connectivity index (χ2n) is 5.46. The zero-order valence-electron chi connectivity index (χ0n) is 13.4. The number of morpholine rings is 1. The summed E-state index contributed by atoms with van der Waals surface area (Å²) in [6.07, 6.45) is 0.864. The van der Waals surface area contributed by atoms with Crippen LogP contribution in [0.5, 0.6) is 0 Å². The van der Waals surface area contributed by atoms with Crippen LogP contribution in [-0.2, 0) is 9.53 Å². The monoisotopic (exact) mass is 342 g/mol. The van der Waals surface area contributed by atoms with Gasteiger partial charge in [0.05, 0.1) is 18.8 Å². The Kier molecular flexibility index (Phi) is 7.72. The molecule has 0 unspecified atom stereocenters. The van der Waals surface area contributed by atoms with Crippen molar-refractivity contribution in [2.75, 3.05) is 37.7 Å². The lowest BCUT2D eigenvalue weighted by Crippen LogP contribution is -2.46. The molecule has 124 valence electrons. The summed E-state index contributed by atoms with van der Waals surface area (Å²) in [7, 11) is 0. The quantitative estimate of drug-likeness (QED) is 0.738. The summed E-state index contributed by atoms with van der Waals surface area (Å²) in [5, 5.41) is 5.22.